The van der Waals surface area contributed by atoms with Crippen molar-refractivity contribution in [2.24, 2.45) is 4.99 Å². The Kier molecular flexibility index (Phi) is 3.55. The molecule has 0 amide bonds. The van der Waals surface area contributed by atoms with Gasteiger partial charge >= 0.3 is 6.18 Å². The van der Waals surface area contributed by atoms with Crippen LogP contribution in [0.15, 0.2) is 41.5 Å². The van der Waals surface area contributed by atoms with E-state index >= 15 is 0 Å². The summed E-state index contributed by atoms with van der Waals surface area (Å²) < 4.78 is 45.4. The lowest BCUT2D eigenvalue weighted by atomic mass is 9.98. The van der Waals surface area contributed by atoms with Gasteiger partial charge in [-0.2, -0.15) is 17.9 Å². The minimum absolute atomic E-state index is 0.156. The second-order valence-corrected chi connectivity index (χ2v) is 6.08. The van der Waals surface area contributed by atoms with Crippen molar-refractivity contribution >= 4 is 5.71 Å². The molecule has 2 aromatic rings. The molecule has 1 aliphatic heterocycles. The zero-order valence-corrected chi connectivity index (χ0v) is 13.3. The highest BCUT2D eigenvalue weighted by molar-refractivity contribution is 6.14. The molecule has 0 atom stereocenters. The molecule has 0 fully saturated rings. The minimum atomic E-state index is -4.49. The van der Waals surface area contributed by atoms with E-state index in [1.807, 2.05) is 0 Å². The fourth-order valence-electron chi connectivity index (χ4n) is 2.67. The third-order valence-corrected chi connectivity index (χ3v) is 3.69. The molecule has 0 spiro atoms. The van der Waals surface area contributed by atoms with Crippen molar-refractivity contribution in [3.63, 3.8) is 0 Å². The SMILES string of the molecule is Cc1ccc[n+]([O-])c1C1=NC(C)(C)Oc2ccc(C(F)(F)F)cc21. The van der Waals surface area contributed by atoms with Gasteiger partial charge in [0, 0.05) is 17.2 Å². The van der Waals surface area contributed by atoms with Crippen molar-refractivity contribution < 1.29 is 22.6 Å². The number of hydrogen-bond donors (Lipinski definition) is 0. The smallest absolute Gasteiger partial charge is 0.416 e. The van der Waals surface area contributed by atoms with Gasteiger partial charge in [0.2, 0.25) is 5.69 Å². The van der Waals surface area contributed by atoms with Crippen LogP contribution in [-0.4, -0.2) is 11.4 Å². The van der Waals surface area contributed by atoms with Crippen molar-refractivity contribution in [3.05, 3.63) is 64.1 Å². The summed E-state index contributed by atoms with van der Waals surface area (Å²) in [5.41, 5.74) is -0.620. The van der Waals surface area contributed by atoms with Crippen LogP contribution in [0, 0.1) is 12.1 Å². The summed E-state index contributed by atoms with van der Waals surface area (Å²) >= 11 is 0. The van der Waals surface area contributed by atoms with E-state index in [9.17, 15) is 18.4 Å². The topological polar surface area (TPSA) is 48.5 Å². The molecule has 3 rings (SSSR count). The first-order chi connectivity index (χ1) is 11.1. The first-order valence-corrected chi connectivity index (χ1v) is 7.28. The van der Waals surface area contributed by atoms with Gasteiger partial charge in [0.05, 0.1) is 5.56 Å². The predicted molar refractivity (Wildman–Crippen MR) is 81.9 cm³/mol. The van der Waals surface area contributed by atoms with Gasteiger partial charge in [-0.25, -0.2) is 4.99 Å². The molecule has 24 heavy (non-hydrogen) atoms. The van der Waals surface area contributed by atoms with Gasteiger partial charge in [-0.3, -0.25) is 0 Å². The Morgan fingerprint density at radius 2 is 1.92 bits per heavy atom. The number of nitrogens with zero attached hydrogens (tertiary/aromatic N) is 2. The van der Waals surface area contributed by atoms with E-state index in [0.717, 1.165) is 12.1 Å². The van der Waals surface area contributed by atoms with Crippen LogP contribution in [0.3, 0.4) is 0 Å². The van der Waals surface area contributed by atoms with Crippen LogP contribution in [0.1, 0.15) is 36.2 Å². The molecule has 4 nitrogen and oxygen atoms in total. The fourth-order valence-corrected chi connectivity index (χ4v) is 2.67. The number of ether oxygens (including phenoxy) is 1. The molecule has 126 valence electrons. The Bertz CT molecular complexity index is 822. The highest BCUT2D eigenvalue weighted by Gasteiger charge is 2.36. The Morgan fingerprint density at radius 1 is 1.21 bits per heavy atom. The van der Waals surface area contributed by atoms with Crippen LogP contribution in [0.5, 0.6) is 5.75 Å². The summed E-state index contributed by atoms with van der Waals surface area (Å²) in [6, 6.07) is 6.48. The Hall–Kier alpha value is -2.57. The number of halogens is 3. The lowest BCUT2D eigenvalue weighted by Crippen LogP contribution is -2.40. The monoisotopic (exact) mass is 336 g/mol. The molecule has 0 aliphatic carbocycles. The Balaban J connectivity index is 2.28. The van der Waals surface area contributed by atoms with E-state index in [-0.39, 0.29) is 22.7 Å². The molecule has 0 radical (unpaired) electrons. The standard InChI is InChI=1S/C17H15F3N2O2/c1-10-5-4-8-22(23)15(10)14-12-9-11(17(18,19)20)6-7-13(12)24-16(2,3)21-14/h4-9H,1-3H3. The van der Waals surface area contributed by atoms with Crippen LogP contribution in [0.4, 0.5) is 13.2 Å². The van der Waals surface area contributed by atoms with Gasteiger partial charge in [-0.05, 0) is 45.0 Å². The van der Waals surface area contributed by atoms with Crippen LogP contribution in [0.25, 0.3) is 0 Å². The normalized spacial score (nSPS) is 16.2. The van der Waals surface area contributed by atoms with E-state index in [4.69, 9.17) is 4.74 Å². The third-order valence-electron chi connectivity index (χ3n) is 3.69. The largest absolute Gasteiger partial charge is 0.618 e. The highest BCUT2D eigenvalue weighted by atomic mass is 19.4. The summed E-state index contributed by atoms with van der Waals surface area (Å²) in [5, 5.41) is 12.2. The molecule has 0 bridgehead atoms. The number of aliphatic imine (C=N–C) groups is 1. The fraction of sp³-hybridized carbons (Fsp3) is 0.294. The molecule has 1 aromatic heterocycles. The van der Waals surface area contributed by atoms with Crippen molar-refractivity contribution in [3.8, 4) is 5.75 Å². The summed E-state index contributed by atoms with van der Waals surface area (Å²) in [6.45, 7) is 5.07. The number of alkyl halides is 3. The maximum Gasteiger partial charge on any atom is 0.416 e. The van der Waals surface area contributed by atoms with Gasteiger partial charge in [-0.15, -0.1) is 0 Å². The highest BCUT2D eigenvalue weighted by Crippen LogP contribution is 2.37. The summed E-state index contributed by atoms with van der Waals surface area (Å²) in [6.07, 6.45) is -3.20. The van der Waals surface area contributed by atoms with Crippen molar-refractivity contribution in [1.29, 1.82) is 0 Å². The second kappa shape index (κ2) is 5.22. The van der Waals surface area contributed by atoms with Crippen LogP contribution in [-0.2, 0) is 6.18 Å². The van der Waals surface area contributed by atoms with Gasteiger partial charge in [-0.1, -0.05) is 0 Å². The Morgan fingerprint density at radius 3 is 2.54 bits per heavy atom. The van der Waals surface area contributed by atoms with Crippen molar-refractivity contribution in [2.75, 3.05) is 0 Å². The zero-order valence-electron chi connectivity index (χ0n) is 13.3. The summed E-state index contributed by atoms with van der Waals surface area (Å²) in [5.74, 6) is 0.265. The van der Waals surface area contributed by atoms with E-state index < -0.39 is 17.5 Å². The van der Waals surface area contributed by atoms with E-state index in [1.165, 1.54) is 12.3 Å². The lowest BCUT2D eigenvalue weighted by Gasteiger charge is -2.30. The summed E-state index contributed by atoms with van der Waals surface area (Å²) in [7, 11) is 0. The Labute approximate surface area is 136 Å². The van der Waals surface area contributed by atoms with Gasteiger partial charge in [0.15, 0.2) is 11.9 Å². The lowest BCUT2D eigenvalue weighted by molar-refractivity contribution is -0.607. The number of rotatable bonds is 1. The molecule has 0 saturated heterocycles. The number of pyridine rings is 1. The molecule has 0 unspecified atom stereocenters. The number of fused-ring (bicyclic) bond motifs is 1. The van der Waals surface area contributed by atoms with Crippen molar-refractivity contribution in [2.45, 2.75) is 32.7 Å². The third kappa shape index (κ3) is 2.81. The molecular formula is C17H15F3N2O2. The summed E-state index contributed by atoms with van der Waals surface area (Å²) in [4.78, 5) is 4.38. The average molecular weight is 336 g/mol. The first kappa shape index (κ1) is 16.3. The molecule has 7 heteroatoms. The molecule has 1 aliphatic rings. The molecule has 2 heterocycles. The average Bonchev–Trinajstić information content (AvgIpc) is 2.44. The number of aryl methyl sites for hydroxylation is 1. The van der Waals surface area contributed by atoms with E-state index in [2.05, 4.69) is 4.99 Å². The quantitative estimate of drug-likeness (QED) is 0.590. The molecule has 1 aromatic carbocycles. The van der Waals surface area contributed by atoms with E-state index in [0.29, 0.717) is 10.3 Å². The molecule has 0 saturated carbocycles. The number of hydrogen-bond acceptors (Lipinski definition) is 3. The van der Waals surface area contributed by atoms with Crippen LogP contribution in [0.2, 0.25) is 0 Å². The van der Waals surface area contributed by atoms with Crippen LogP contribution >= 0.6 is 0 Å². The zero-order chi connectivity index (χ0) is 17.7. The number of aromatic nitrogens is 1. The second-order valence-electron chi connectivity index (χ2n) is 6.08. The van der Waals surface area contributed by atoms with Gasteiger partial charge in [0.25, 0.3) is 0 Å². The van der Waals surface area contributed by atoms with Crippen LogP contribution < -0.4 is 9.47 Å². The minimum Gasteiger partial charge on any atom is -0.618 e. The molecular weight excluding hydrogens is 321 g/mol. The number of benzene rings is 1. The first-order valence-electron chi connectivity index (χ1n) is 7.28. The van der Waals surface area contributed by atoms with Crippen molar-refractivity contribution in [1.82, 2.24) is 0 Å². The van der Waals surface area contributed by atoms with Gasteiger partial charge < -0.3 is 9.94 Å². The maximum atomic E-state index is 13.1. The van der Waals surface area contributed by atoms with E-state index in [1.54, 1.807) is 32.9 Å². The maximum absolute atomic E-state index is 13.1. The molecule has 0 N–H and O–H groups in total. The predicted octanol–water partition coefficient (Wildman–Crippen LogP) is 3.61. The van der Waals surface area contributed by atoms with Gasteiger partial charge in [0.1, 0.15) is 11.5 Å².